The van der Waals surface area contributed by atoms with Gasteiger partial charge in [0.1, 0.15) is 11.4 Å². The zero-order chi connectivity index (χ0) is 23.3. The molecule has 3 aromatic heterocycles. The van der Waals surface area contributed by atoms with Gasteiger partial charge in [-0.05, 0) is 44.2 Å². The van der Waals surface area contributed by atoms with Gasteiger partial charge in [0.25, 0.3) is 5.89 Å². The standard InChI is InChI=1S/C20H14F6N4O2/c1-10-9-27-16-8-12(5-6-30(10)16)17-28-18(32-29-17)13-3-4-15(14(7-13)20(24,25)26)31-11(2)19(21,22)23/h3-9,11H,1-2H3. The van der Waals surface area contributed by atoms with E-state index in [-0.39, 0.29) is 17.3 Å². The Morgan fingerprint density at radius 3 is 2.47 bits per heavy atom. The number of aromatic nitrogens is 4. The molecule has 0 radical (unpaired) electrons. The van der Waals surface area contributed by atoms with E-state index in [9.17, 15) is 26.3 Å². The van der Waals surface area contributed by atoms with Crippen LogP contribution in [0.4, 0.5) is 26.3 Å². The summed E-state index contributed by atoms with van der Waals surface area (Å²) in [5.41, 5.74) is 0.530. The fraction of sp³-hybridized carbons (Fsp3) is 0.250. The van der Waals surface area contributed by atoms with Crippen molar-refractivity contribution in [1.29, 1.82) is 0 Å². The van der Waals surface area contributed by atoms with Crippen LogP contribution in [0.5, 0.6) is 5.75 Å². The van der Waals surface area contributed by atoms with E-state index in [0.717, 1.165) is 17.8 Å². The van der Waals surface area contributed by atoms with Crippen LogP contribution in [0.2, 0.25) is 0 Å². The molecule has 1 unspecified atom stereocenters. The van der Waals surface area contributed by atoms with Gasteiger partial charge in [-0.15, -0.1) is 0 Å². The predicted octanol–water partition coefficient (Wildman–Crippen LogP) is 5.71. The van der Waals surface area contributed by atoms with Crippen LogP contribution >= 0.6 is 0 Å². The van der Waals surface area contributed by atoms with E-state index in [4.69, 9.17) is 4.52 Å². The number of fused-ring (bicyclic) bond motifs is 1. The maximum atomic E-state index is 13.5. The first-order chi connectivity index (χ1) is 14.9. The molecule has 12 heteroatoms. The van der Waals surface area contributed by atoms with Crippen LogP contribution in [0.15, 0.2) is 47.2 Å². The highest BCUT2D eigenvalue weighted by Gasteiger charge is 2.41. The second-order valence-electron chi connectivity index (χ2n) is 6.98. The minimum Gasteiger partial charge on any atom is -0.481 e. The zero-order valence-electron chi connectivity index (χ0n) is 16.5. The van der Waals surface area contributed by atoms with Crippen LogP contribution < -0.4 is 4.74 Å². The molecule has 3 heterocycles. The fourth-order valence-corrected chi connectivity index (χ4v) is 2.95. The molecule has 1 aromatic carbocycles. The molecule has 32 heavy (non-hydrogen) atoms. The number of imidazole rings is 1. The molecule has 168 valence electrons. The molecule has 0 saturated carbocycles. The summed E-state index contributed by atoms with van der Waals surface area (Å²) >= 11 is 0. The van der Waals surface area contributed by atoms with E-state index in [1.807, 2.05) is 11.3 Å². The molecule has 1 atom stereocenters. The highest BCUT2D eigenvalue weighted by molar-refractivity contribution is 5.64. The Labute approximate surface area is 176 Å². The number of nitrogens with zero attached hydrogens (tertiary/aromatic N) is 4. The molecule has 4 aromatic rings. The fourth-order valence-electron chi connectivity index (χ4n) is 2.95. The highest BCUT2D eigenvalue weighted by Crippen LogP contribution is 2.40. The van der Waals surface area contributed by atoms with E-state index in [1.165, 1.54) is 0 Å². The van der Waals surface area contributed by atoms with Gasteiger partial charge in [-0.3, -0.25) is 0 Å². The minimum absolute atomic E-state index is 0.114. The third-order valence-electron chi connectivity index (χ3n) is 4.68. The summed E-state index contributed by atoms with van der Waals surface area (Å²) in [4.78, 5) is 8.33. The first-order valence-electron chi connectivity index (χ1n) is 9.16. The smallest absolute Gasteiger partial charge is 0.425 e. The maximum Gasteiger partial charge on any atom is 0.425 e. The molecule has 0 N–H and O–H groups in total. The molecular weight excluding hydrogens is 442 g/mol. The summed E-state index contributed by atoms with van der Waals surface area (Å²) in [6, 6.07) is 5.89. The van der Waals surface area contributed by atoms with Gasteiger partial charge in [0.2, 0.25) is 5.82 Å². The van der Waals surface area contributed by atoms with Crippen molar-refractivity contribution in [3.05, 3.63) is 54.0 Å². The SMILES string of the molecule is Cc1cnc2cc(-c3noc(-c4ccc(OC(C)C(F)(F)F)c(C(F)(F)F)c4)n3)ccn12. The molecule has 0 fully saturated rings. The molecule has 0 aliphatic heterocycles. The van der Waals surface area contributed by atoms with Gasteiger partial charge in [0, 0.05) is 29.2 Å². The van der Waals surface area contributed by atoms with E-state index < -0.39 is 29.8 Å². The normalized spacial score (nSPS) is 13.5. The zero-order valence-corrected chi connectivity index (χ0v) is 16.5. The minimum atomic E-state index is -4.97. The molecule has 0 amide bonds. The molecule has 0 spiro atoms. The van der Waals surface area contributed by atoms with Gasteiger partial charge in [-0.1, -0.05) is 5.16 Å². The number of ether oxygens (including phenoxy) is 1. The molecule has 0 aliphatic carbocycles. The number of hydrogen-bond donors (Lipinski definition) is 0. The first kappa shape index (κ1) is 21.7. The van der Waals surface area contributed by atoms with Crippen LogP contribution in [-0.2, 0) is 6.18 Å². The Bertz CT molecular complexity index is 1280. The second-order valence-corrected chi connectivity index (χ2v) is 6.98. The van der Waals surface area contributed by atoms with Crippen molar-refractivity contribution in [1.82, 2.24) is 19.5 Å². The average molecular weight is 456 g/mol. The Morgan fingerprint density at radius 2 is 1.78 bits per heavy atom. The highest BCUT2D eigenvalue weighted by atomic mass is 19.4. The maximum absolute atomic E-state index is 13.5. The summed E-state index contributed by atoms with van der Waals surface area (Å²) in [5, 5.41) is 3.79. The first-order valence-corrected chi connectivity index (χ1v) is 9.16. The largest absolute Gasteiger partial charge is 0.481 e. The van der Waals surface area contributed by atoms with Gasteiger partial charge in [-0.25, -0.2) is 4.98 Å². The number of alkyl halides is 6. The number of pyridine rings is 1. The van der Waals surface area contributed by atoms with E-state index in [2.05, 4.69) is 19.9 Å². The lowest BCUT2D eigenvalue weighted by Gasteiger charge is -2.20. The topological polar surface area (TPSA) is 65.5 Å². The summed E-state index contributed by atoms with van der Waals surface area (Å²) in [5.74, 6) is -1.08. The summed E-state index contributed by atoms with van der Waals surface area (Å²) in [6.07, 6.45) is -8.81. The van der Waals surface area contributed by atoms with E-state index in [1.54, 1.807) is 24.5 Å². The van der Waals surface area contributed by atoms with E-state index in [0.29, 0.717) is 24.2 Å². The van der Waals surface area contributed by atoms with Gasteiger partial charge in [0.05, 0.1) is 5.56 Å². The van der Waals surface area contributed by atoms with Crippen LogP contribution in [-0.4, -0.2) is 31.8 Å². The number of aryl methyl sites for hydroxylation is 1. The van der Waals surface area contributed by atoms with Crippen molar-refractivity contribution in [2.24, 2.45) is 0 Å². The average Bonchev–Trinajstić information content (AvgIpc) is 3.34. The van der Waals surface area contributed by atoms with Crippen molar-refractivity contribution >= 4 is 5.65 Å². The Balaban J connectivity index is 1.68. The van der Waals surface area contributed by atoms with Crippen molar-refractivity contribution < 1.29 is 35.6 Å². The Hall–Kier alpha value is -3.57. The molecule has 6 nitrogen and oxygen atoms in total. The van der Waals surface area contributed by atoms with Crippen LogP contribution in [0.3, 0.4) is 0 Å². The monoisotopic (exact) mass is 456 g/mol. The van der Waals surface area contributed by atoms with Crippen molar-refractivity contribution in [3.63, 3.8) is 0 Å². The number of halogens is 6. The van der Waals surface area contributed by atoms with Crippen LogP contribution in [0, 0.1) is 6.92 Å². The molecule has 0 aliphatic rings. The van der Waals surface area contributed by atoms with Crippen LogP contribution in [0.1, 0.15) is 18.2 Å². The predicted molar refractivity (Wildman–Crippen MR) is 99.8 cm³/mol. The summed E-state index contributed by atoms with van der Waals surface area (Å²) in [6.45, 7) is 2.49. The molecule has 4 rings (SSSR count). The van der Waals surface area contributed by atoms with Gasteiger partial charge in [-0.2, -0.15) is 31.3 Å². The summed E-state index contributed by atoms with van der Waals surface area (Å²) in [7, 11) is 0. The van der Waals surface area contributed by atoms with E-state index >= 15 is 0 Å². The third kappa shape index (κ3) is 4.12. The van der Waals surface area contributed by atoms with Gasteiger partial charge in [0.15, 0.2) is 6.10 Å². The number of rotatable bonds is 4. The Kier molecular flexibility index (Phi) is 5.10. The number of benzene rings is 1. The number of hydrogen-bond acceptors (Lipinski definition) is 5. The van der Waals surface area contributed by atoms with Crippen molar-refractivity contribution in [3.8, 4) is 28.6 Å². The molecule has 0 bridgehead atoms. The second kappa shape index (κ2) is 7.53. The third-order valence-corrected chi connectivity index (χ3v) is 4.68. The van der Waals surface area contributed by atoms with Crippen molar-refractivity contribution in [2.75, 3.05) is 0 Å². The van der Waals surface area contributed by atoms with Gasteiger partial charge >= 0.3 is 12.4 Å². The van der Waals surface area contributed by atoms with Crippen LogP contribution in [0.25, 0.3) is 28.5 Å². The lowest BCUT2D eigenvalue weighted by atomic mass is 10.1. The lowest BCUT2D eigenvalue weighted by Crippen LogP contribution is -2.31. The van der Waals surface area contributed by atoms with Crippen molar-refractivity contribution in [2.45, 2.75) is 32.3 Å². The quantitative estimate of drug-likeness (QED) is 0.368. The Morgan fingerprint density at radius 1 is 1.03 bits per heavy atom. The van der Waals surface area contributed by atoms with Gasteiger partial charge < -0.3 is 13.7 Å². The molecule has 0 saturated heterocycles. The molecular formula is C20H14F6N4O2. The lowest BCUT2D eigenvalue weighted by molar-refractivity contribution is -0.191. The summed E-state index contributed by atoms with van der Waals surface area (Å²) < 4.78 is 90.0.